The molecule has 0 radical (unpaired) electrons. The number of nitrogens with zero attached hydrogens (tertiary/aromatic N) is 4. The van der Waals surface area contributed by atoms with Gasteiger partial charge in [-0.3, -0.25) is 14.3 Å². The van der Waals surface area contributed by atoms with Crippen molar-refractivity contribution in [3.63, 3.8) is 0 Å². The second kappa shape index (κ2) is 8.56. The maximum atomic E-state index is 12.3. The van der Waals surface area contributed by atoms with Gasteiger partial charge in [-0.1, -0.05) is 49.0 Å². The van der Waals surface area contributed by atoms with Crippen molar-refractivity contribution in [3.8, 4) is 11.4 Å². The van der Waals surface area contributed by atoms with E-state index in [1.54, 1.807) is 12.4 Å². The van der Waals surface area contributed by atoms with Crippen molar-refractivity contribution in [1.82, 2.24) is 25.1 Å². The molecule has 2 aromatic heterocycles. The van der Waals surface area contributed by atoms with Crippen LogP contribution in [0.5, 0.6) is 0 Å². The lowest BCUT2D eigenvalue weighted by Crippen LogP contribution is -2.29. The summed E-state index contributed by atoms with van der Waals surface area (Å²) in [7, 11) is 0. The van der Waals surface area contributed by atoms with E-state index in [0.717, 1.165) is 29.4 Å². The Balaban J connectivity index is 1.36. The second-order valence-corrected chi connectivity index (χ2v) is 7.99. The molecule has 0 spiro atoms. The summed E-state index contributed by atoms with van der Waals surface area (Å²) in [5, 5.41) is 12.6. The van der Waals surface area contributed by atoms with E-state index in [-0.39, 0.29) is 11.8 Å². The van der Waals surface area contributed by atoms with Crippen LogP contribution in [0.4, 0.5) is 0 Å². The predicted molar refractivity (Wildman–Crippen MR) is 110 cm³/mol. The van der Waals surface area contributed by atoms with Crippen LogP contribution in [0.25, 0.3) is 11.4 Å². The van der Waals surface area contributed by atoms with Crippen molar-refractivity contribution in [2.24, 2.45) is 0 Å². The highest BCUT2D eigenvalue weighted by Gasteiger charge is 2.30. The number of aromatic nitrogens is 4. The zero-order valence-corrected chi connectivity index (χ0v) is 16.6. The summed E-state index contributed by atoms with van der Waals surface area (Å²) in [5.74, 6) is 1.49. The molecule has 3 aromatic rings. The maximum Gasteiger partial charge on any atom is 0.230 e. The predicted octanol–water partition coefficient (Wildman–Crippen LogP) is 3.69. The van der Waals surface area contributed by atoms with Crippen LogP contribution in [0.15, 0.2) is 60.0 Å². The first-order valence-electron chi connectivity index (χ1n) is 9.52. The van der Waals surface area contributed by atoms with E-state index < -0.39 is 0 Å². The van der Waals surface area contributed by atoms with Gasteiger partial charge in [0.25, 0.3) is 0 Å². The lowest BCUT2D eigenvalue weighted by atomic mass is 10.0. The van der Waals surface area contributed by atoms with Gasteiger partial charge in [0.15, 0.2) is 11.0 Å². The van der Waals surface area contributed by atoms with Gasteiger partial charge in [0.05, 0.1) is 5.75 Å². The van der Waals surface area contributed by atoms with Crippen molar-refractivity contribution in [2.75, 3.05) is 12.3 Å². The highest BCUT2D eigenvalue weighted by atomic mass is 32.2. The Hall–Kier alpha value is -2.67. The molecule has 2 heterocycles. The minimum absolute atomic E-state index is 0.0172. The zero-order chi connectivity index (χ0) is 19.3. The van der Waals surface area contributed by atoms with Crippen molar-refractivity contribution in [1.29, 1.82) is 0 Å². The van der Waals surface area contributed by atoms with E-state index in [2.05, 4.69) is 44.1 Å². The number of nitrogens with one attached hydrogen (secondary N) is 1. The summed E-state index contributed by atoms with van der Waals surface area (Å²) in [6, 6.07) is 14.5. The molecule has 1 saturated carbocycles. The fourth-order valence-electron chi connectivity index (χ4n) is 3.08. The molecule has 144 valence electrons. The van der Waals surface area contributed by atoms with Gasteiger partial charge < -0.3 is 5.32 Å². The number of thioether (sulfide) groups is 1. The minimum atomic E-state index is 0.0172. The molecule has 1 aromatic carbocycles. The summed E-state index contributed by atoms with van der Waals surface area (Å²) in [5.41, 5.74) is 2.23. The number of rotatable bonds is 8. The topological polar surface area (TPSA) is 72.7 Å². The van der Waals surface area contributed by atoms with E-state index in [1.807, 2.05) is 30.3 Å². The molecule has 6 nitrogen and oxygen atoms in total. The van der Waals surface area contributed by atoms with Crippen molar-refractivity contribution in [3.05, 3.63) is 60.4 Å². The van der Waals surface area contributed by atoms with Gasteiger partial charge >= 0.3 is 0 Å². The molecule has 0 saturated heterocycles. The van der Waals surface area contributed by atoms with Gasteiger partial charge in [-0.2, -0.15) is 0 Å². The molecule has 1 fully saturated rings. The summed E-state index contributed by atoms with van der Waals surface area (Å²) < 4.78 is 2.17. The lowest BCUT2D eigenvalue weighted by Gasteiger charge is -2.13. The smallest absolute Gasteiger partial charge is 0.230 e. The molecule has 28 heavy (non-hydrogen) atoms. The maximum absolute atomic E-state index is 12.3. The number of benzene rings is 1. The van der Waals surface area contributed by atoms with Gasteiger partial charge in [0, 0.05) is 30.5 Å². The summed E-state index contributed by atoms with van der Waals surface area (Å²) in [6.07, 6.45) is 5.78. The number of hydrogen-bond donors (Lipinski definition) is 1. The Labute approximate surface area is 168 Å². The zero-order valence-electron chi connectivity index (χ0n) is 15.8. The van der Waals surface area contributed by atoms with Crippen LogP contribution < -0.4 is 5.32 Å². The van der Waals surface area contributed by atoms with E-state index in [1.165, 1.54) is 17.3 Å². The first-order valence-corrected chi connectivity index (χ1v) is 10.5. The highest BCUT2D eigenvalue weighted by molar-refractivity contribution is 7.99. The van der Waals surface area contributed by atoms with Crippen LogP contribution in [-0.4, -0.2) is 38.0 Å². The third-order valence-corrected chi connectivity index (χ3v) is 5.76. The fourth-order valence-corrected chi connectivity index (χ4v) is 3.92. The highest BCUT2D eigenvalue weighted by Crippen LogP contribution is 2.40. The molecule has 0 aliphatic heterocycles. The summed E-state index contributed by atoms with van der Waals surface area (Å²) in [4.78, 5) is 16.4. The first kappa shape index (κ1) is 18.7. The van der Waals surface area contributed by atoms with Crippen LogP contribution >= 0.6 is 11.8 Å². The van der Waals surface area contributed by atoms with E-state index in [0.29, 0.717) is 18.3 Å². The summed E-state index contributed by atoms with van der Waals surface area (Å²) >= 11 is 1.45. The Kier molecular flexibility index (Phi) is 5.71. The Morgan fingerprint density at radius 2 is 1.93 bits per heavy atom. The number of hydrogen-bond acceptors (Lipinski definition) is 5. The average molecular weight is 394 g/mol. The Bertz CT molecular complexity index is 924. The quantitative estimate of drug-likeness (QED) is 0.591. The lowest BCUT2D eigenvalue weighted by molar-refractivity contribution is -0.118. The third-order valence-electron chi connectivity index (χ3n) is 4.82. The second-order valence-electron chi connectivity index (χ2n) is 7.05. The molecule has 1 amide bonds. The SMILES string of the molecule is C[C@@H](CNC(=O)CSc1nnc(-c2ccncc2)n1C1CC1)c1ccccc1. The Morgan fingerprint density at radius 1 is 1.18 bits per heavy atom. The van der Waals surface area contributed by atoms with Crippen molar-refractivity contribution >= 4 is 17.7 Å². The average Bonchev–Trinajstić information content (AvgIpc) is 3.50. The molecular weight excluding hydrogens is 370 g/mol. The van der Waals surface area contributed by atoms with Crippen LogP contribution in [0.3, 0.4) is 0 Å². The van der Waals surface area contributed by atoms with E-state index in [9.17, 15) is 4.79 Å². The molecule has 0 unspecified atom stereocenters. The van der Waals surface area contributed by atoms with Gasteiger partial charge in [0.2, 0.25) is 5.91 Å². The monoisotopic (exact) mass is 393 g/mol. The number of carbonyl (C=O) groups is 1. The number of amides is 1. The molecule has 1 aliphatic carbocycles. The largest absolute Gasteiger partial charge is 0.355 e. The van der Waals surface area contributed by atoms with E-state index >= 15 is 0 Å². The van der Waals surface area contributed by atoms with Crippen LogP contribution in [0.2, 0.25) is 0 Å². The molecule has 4 rings (SSSR count). The van der Waals surface area contributed by atoms with Gasteiger partial charge in [-0.15, -0.1) is 10.2 Å². The van der Waals surface area contributed by atoms with Crippen LogP contribution in [-0.2, 0) is 4.79 Å². The molecule has 0 bridgehead atoms. The fraction of sp³-hybridized carbons (Fsp3) is 0.333. The Morgan fingerprint density at radius 3 is 2.64 bits per heavy atom. The number of pyridine rings is 1. The third kappa shape index (κ3) is 4.42. The van der Waals surface area contributed by atoms with Crippen LogP contribution in [0, 0.1) is 0 Å². The molecule has 1 aliphatic rings. The number of carbonyl (C=O) groups excluding carboxylic acids is 1. The molecule has 1 atom stereocenters. The van der Waals surface area contributed by atoms with Gasteiger partial charge in [-0.25, -0.2) is 0 Å². The van der Waals surface area contributed by atoms with Crippen LogP contribution in [0.1, 0.15) is 37.3 Å². The minimum Gasteiger partial charge on any atom is -0.355 e. The molecule has 7 heteroatoms. The van der Waals surface area contributed by atoms with Crippen molar-refractivity contribution in [2.45, 2.75) is 36.9 Å². The van der Waals surface area contributed by atoms with E-state index in [4.69, 9.17) is 0 Å². The molecule has 1 N–H and O–H groups in total. The van der Waals surface area contributed by atoms with Gasteiger partial charge in [-0.05, 0) is 36.5 Å². The summed E-state index contributed by atoms with van der Waals surface area (Å²) in [6.45, 7) is 2.74. The first-order chi connectivity index (χ1) is 13.7. The normalized spacial score (nSPS) is 14.6. The standard InChI is InChI=1S/C21H23N5OS/c1-15(16-5-3-2-4-6-16)13-23-19(27)14-28-21-25-24-20(26(21)18-7-8-18)17-9-11-22-12-10-17/h2-6,9-12,15,18H,7-8,13-14H2,1H3,(H,23,27)/t15-/m0/s1. The van der Waals surface area contributed by atoms with Crippen molar-refractivity contribution < 1.29 is 4.79 Å². The molecular formula is C21H23N5OS. The van der Waals surface area contributed by atoms with Gasteiger partial charge in [0.1, 0.15) is 0 Å².